The molecule has 100 valence electrons. The van der Waals surface area contributed by atoms with Crippen LogP contribution in [0.5, 0.6) is 0 Å². The highest BCUT2D eigenvalue weighted by Gasteiger charge is 2.14. The van der Waals surface area contributed by atoms with Gasteiger partial charge in [0.2, 0.25) is 0 Å². The highest BCUT2D eigenvalue weighted by Crippen LogP contribution is 2.25. The second-order valence-corrected chi connectivity index (χ2v) is 5.25. The van der Waals surface area contributed by atoms with E-state index < -0.39 is 0 Å². The fourth-order valence-corrected chi connectivity index (χ4v) is 2.44. The first-order valence-corrected chi connectivity index (χ1v) is 6.54. The van der Waals surface area contributed by atoms with E-state index in [2.05, 4.69) is 4.98 Å². The van der Waals surface area contributed by atoms with Crippen molar-refractivity contribution in [3.8, 4) is 0 Å². The Morgan fingerprint density at radius 3 is 2.68 bits per heavy atom. The molecule has 0 bridgehead atoms. The number of benzene rings is 1. The zero-order chi connectivity index (χ0) is 14.0. The Morgan fingerprint density at radius 1 is 1.32 bits per heavy atom. The Hall–Kier alpha value is -1.16. The first kappa shape index (κ1) is 14.3. The number of hydrogen-bond donors (Lipinski definition) is 1. The summed E-state index contributed by atoms with van der Waals surface area (Å²) in [5, 5.41) is 0.915. The third-order valence-corrected chi connectivity index (χ3v) is 3.44. The summed E-state index contributed by atoms with van der Waals surface area (Å²) in [6, 6.07) is 5.90. The van der Waals surface area contributed by atoms with E-state index >= 15 is 0 Å². The average Bonchev–Trinajstić information content (AvgIpc) is 2.32. The molecule has 1 heterocycles. The van der Waals surface area contributed by atoms with E-state index in [1.807, 2.05) is 6.92 Å². The van der Waals surface area contributed by atoms with E-state index in [0.29, 0.717) is 22.2 Å². The van der Waals surface area contributed by atoms with Crippen LogP contribution in [0, 0.1) is 12.7 Å². The van der Waals surface area contributed by atoms with Gasteiger partial charge in [-0.1, -0.05) is 29.3 Å². The van der Waals surface area contributed by atoms with Gasteiger partial charge in [-0.2, -0.15) is 0 Å². The summed E-state index contributed by atoms with van der Waals surface area (Å²) in [7, 11) is 0. The predicted octanol–water partition coefficient (Wildman–Crippen LogP) is 4.08. The van der Waals surface area contributed by atoms with Gasteiger partial charge in [0.05, 0.1) is 21.8 Å². The van der Waals surface area contributed by atoms with Crippen LogP contribution >= 0.6 is 23.2 Å². The van der Waals surface area contributed by atoms with E-state index in [-0.39, 0.29) is 11.9 Å². The van der Waals surface area contributed by atoms with Gasteiger partial charge in [-0.3, -0.25) is 4.98 Å². The van der Waals surface area contributed by atoms with Crippen molar-refractivity contribution in [3.05, 3.63) is 63.1 Å². The lowest BCUT2D eigenvalue weighted by molar-refractivity contribution is 0.623. The van der Waals surface area contributed by atoms with Gasteiger partial charge in [0, 0.05) is 6.20 Å². The number of aromatic nitrogens is 1. The van der Waals surface area contributed by atoms with Crippen molar-refractivity contribution in [2.45, 2.75) is 19.4 Å². The van der Waals surface area contributed by atoms with Crippen LogP contribution in [0.3, 0.4) is 0 Å². The molecule has 1 unspecified atom stereocenters. The zero-order valence-electron chi connectivity index (χ0n) is 10.3. The van der Waals surface area contributed by atoms with Gasteiger partial charge < -0.3 is 5.73 Å². The van der Waals surface area contributed by atoms with Crippen LogP contribution < -0.4 is 5.73 Å². The number of nitrogens with two attached hydrogens (primary N) is 1. The molecule has 5 heteroatoms. The number of hydrogen-bond acceptors (Lipinski definition) is 2. The first-order valence-electron chi connectivity index (χ1n) is 5.79. The Bertz CT molecular complexity index is 602. The van der Waals surface area contributed by atoms with Crippen molar-refractivity contribution in [2.75, 3.05) is 0 Å². The number of nitrogens with zero attached hydrogens (tertiary/aromatic N) is 1. The molecule has 19 heavy (non-hydrogen) atoms. The Morgan fingerprint density at radius 2 is 2.05 bits per heavy atom. The Labute approximate surface area is 121 Å². The van der Waals surface area contributed by atoms with Gasteiger partial charge in [-0.25, -0.2) is 4.39 Å². The Kier molecular flexibility index (Phi) is 4.40. The van der Waals surface area contributed by atoms with Gasteiger partial charge in [0.1, 0.15) is 5.82 Å². The molecular weight excluding hydrogens is 286 g/mol. The van der Waals surface area contributed by atoms with Crippen molar-refractivity contribution in [2.24, 2.45) is 5.73 Å². The molecule has 0 aliphatic carbocycles. The third-order valence-electron chi connectivity index (χ3n) is 2.93. The monoisotopic (exact) mass is 298 g/mol. The van der Waals surface area contributed by atoms with E-state index in [4.69, 9.17) is 28.9 Å². The smallest absolute Gasteiger partial charge is 0.123 e. The van der Waals surface area contributed by atoms with E-state index in [1.165, 1.54) is 18.3 Å². The maximum Gasteiger partial charge on any atom is 0.123 e. The van der Waals surface area contributed by atoms with Crippen molar-refractivity contribution >= 4 is 23.2 Å². The van der Waals surface area contributed by atoms with E-state index in [0.717, 1.165) is 11.1 Å². The summed E-state index contributed by atoms with van der Waals surface area (Å²) >= 11 is 11.9. The van der Waals surface area contributed by atoms with Crippen LogP contribution in [-0.4, -0.2) is 4.98 Å². The lowest BCUT2D eigenvalue weighted by Gasteiger charge is -2.14. The van der Waals surface area contributed by atoms with Gasteiger partial charge >= 0.3 is 0 Å². The number of halogens is 3. The van der Waals surface area contributed by atoms with Gasteiger partial charge in [0.25, 0.3) is 0 Å². The molecule has 0 aliphatic rings. The molecule has 0 saturated heterocycles. The summed E-state index contributed by atoms with van der Waals surface area (Å²) < 4.78 is 13.0. The van der Waals surface area contributed by atoms with Crippen molar-refractivity contribution in [1.29, 1.82) is 0 Å². The van der Waals surface area contributed by atoms with Crippen molar-refractivity contribution in [1.82, 2.24) is 4.98 Å². The standard InChI is InChI=1S/C14H13Cl2FN2/c1-8-4-11(17)3-2-9(8)5-13(18)14-12(16)6-10(15)7-19-14/h2-4,6-7,13H,5,18H2,1H3. The minimum Gasteiger partial charge on any atom is -0.322 e. The van der Waals surface area contributed by atoms with Gasteiger partial charge in [-0.15, -0.1) is 0 Å². The van der Waals surface area contributed by atoms with Crippen molar-refractivity contribution < 1.29 is 4.39 Å². The van der Waals surface area contributed by atoms with Crippen LogP contribution in [0.15, 0.2) is 30.5 Å². The first-order chi connectivity index (χ1) is 8.97. The van der Waals surface area contributed by atoms with Crippen LogP contribution in [0.25, 0.3) is 0 Å². The molecule has 0 radical (unpaired) electrons. The summed E-state index contributed by atoms with van der Waals surface area (Å²) in [5.41, 5.74) is 8.53. The normalized spacial score (nSPS) is 12.5. The molecule has 1 atom stereocenters. The highest BCUT2D eigenvalue weighted by molar-refractivity contribution is 6.34. The lowest BCUT2D eigenvalue weighted by atomic mass is 9.99. The summed E-state index contributed by atoms with van der Waals surface area (Å²) in [6.45, 7) is 1.85. The predicted molar refractivity (Wildman–Crippen MR) is 76.0 cm³/mol. The van der Waals surface area contributed by atoms with Crippen LogP contribution in [-0.2, 0) is 6.42 Å². The molecule has 2 rings (SSSR count). The molecule has 0 saturated carbocycles. The molecule has 0 spiro atoms. The highest BCUT2D eigenvalue weighted by atomic mass is 35.5. The minimum absolute atomic E-state index is 0.252. The van der Waals surface area contributed by atoms with Crippen LogP contribution in [0.4, 0.5) is 4.39 Å². The fourth-order valence-electron chi connectivity index (χ4n) is 1.92. The van der Waals surface area contributed by atoms with Gasteiger partial charge in [-0.05, 0) is 42.7 Å². The number of aryl methyl sites for hydroxylation is 1. The van der Waals surface area contributed by atoms with Crippen LogP contribution in [0.2, 0.25) is 10.0 Å². The molecule has 1 aromatic heterocycles. The second-order valence-electron chi connectivity index (χ2n) is 4.40. The third kappa shape index (κ3) is 3.44. The maximum atomic E-state index is 13.0. The Balaban J connectivity index is 2.23. The van der Waals surface area contributed by atoms with E-state index in [1.54, 1.807) is 12.1 Å². The lowest BCUT2D eigenvalue weighted by Crippen LogP contribution is -2.16. The molecular formula is C14H13Cl2FN2. The molecule has 0 amide bonds. The molecule has 0 aliphatic heterocycles. The van der Waals surface area contributed by atoms with Crippen molar-refractivity contribution in [3.63, 3.8) is 0 Å². The fraction of sp³-hybridized carbons (Fsp3) is 0.214. The summed E-state index contributed by atoms with van der Waals surface area (Å²) in [6.07, 6.45) is 2.06. The second kappa shape index (κ2) is 5.87. The number of rotatable bonds is 3. The summed E-state index contributed by atoms with van der Waals surface area (Å²) in [5.74, 6) is -0.252. The largest absolute Gasteiger partial charge is 0.322 e. The molecule has 1 aromatic carbocycles. The summed E-state index contributed by atoms with van der Waals surface area (Å²) in [4.78, 5) is 4.16. The maximum absolute atomic E-state index is 13.0. The van der Waals surface area contributed by atoms with E-state index in [9.17, 15) is 4.39 Å². The molecule has 2 aromatic rings. The van der Waals surface area contributed by atoms with Crippen LogP contribution in [0.1, 0.15) is 22.9 Å². The quantitative estimate of drug-likeness (QED) is 0.927. The molecule has 0 fully saturated rings. The zero-order valence-corrected chi connectivity index (χ0v) is 11.8. The minimum atomic E-state index is -0.353. The topological polar surface area (TPSA) is 38.9 Å². The number of pyridine rings is 1. The van der Waals surface area contributed by atoms with Gasteiger partial charge in [0.15, 0.2) is 0 Å². The average molecular weight is 299 g/mol. The SMILES string of the molecule is Cc1cc(F)ccc1CC(N)c1ncc(Cl)cc1Cl. The molecule has 2 nitrogen and oxygen atoms in total. The molecule has 2 N–H and O–H groups in total.